The van der Waals surface area contributed by atoms with Crippen LogP contribution in [0.4, 0.5) is 0 Å². The predicted molar refractivity (Wildman–Crippen MR) is 474 cm³/mol. The lowest BCUT2D eigenvalue weighted by atomic mass is 10.1. The summed E-state index contributed by atoms with van der Waals surface area (Å²) in [6.45, 7) is 27.2. The average molecular weight is 1670 g/mol. The van der Waals surface area contributed by atoms with E-state index in [1.54, 1.807) is 0 Å². The van der Waals surface area contributed by atoms with E-state index in [0.29, 0.717) is 209 Å². The number of ether oxygens (including phenoxy) is 8. The zero-order chi connectivity index (χ0) is 85.3. The van der Waals surface area contributed by atoms with Crippen molar-refractivity contribution < 1.29 is 47.5 Å². The van der Waals surface area contributed by atoms with Crippen LogP contribution in [0.5, 0.6) is 0 Å². The molecule has 0 aromatic carbocycles. The molecule has 0 saturated heterocycles. The smallest absolute Gasteiger partial charge is 0.254 e. The normalized spacial score (nSPS) is 13.4. The number of amides is 2. The monoisotopic (exact) mass is 1670 g/mol. The fraction of sp³-hybridized carbons (Fsp3) is 0.975. The van der Waals surface area contributed by atoms with E-state index in [-0.39, 0.29) is 59.5 Å². The number of hydrogen-bond donors (Lipinski definition) is 18. The molecule has 0 aliphatic heterocycles. The minimum atomic E-state index is -1.67. The van der Waals surface area contributed by atoms with Crippen molar-refractivity contribution in [2.75, 3.05) is 341 Å². The fourth-order valence-corrected chi connectivity index (χ4v) is 13.7. The largest absolute Gasteiger partial charge is 0.376 e. The summed E-state index contributed by atoms with van der Waals surface area (Å²) in [5, 5.41) is 6.73. The lowest BCUT2D eigenvalue weighted by Gasteiger charge is -2.38. The minimum Gasteiger partial charge on any atom is -0.376 e. The van der Waals surface area contributed by atoms with Gasteiger partial charge < -0.3 is 179 Å². The molecule has 36 heteroatoms. The lowest BCUT2D eigenvalue weighted by Crippen LogP contribution is -2.65. The molecule has 694 valence electrons. The Morgan fingerprint density at radius 3 is 0.586 bits per heavy atom. The third kappa shape index (κ3) is 62.7. The zero-order valence-corrected chi connectivity index (χ0v) is 73.4. The molecule has 34 N–H and O–H groups in total. The molecule has 36 nitrogen and oxygen atoms in total. The van der Waals surface area contributed by atoms with Crippen LogP contribution in [0.3, 0.4) is 0 Å². The molecule has 0 spiro atoms. The molecule has 0 fully saturated rings. The summed E-state index contributed by atoms with van der Waals surface area (Å²) in [4.78, 5) is 51.9. The maximum absolute atomic E-state index is 16.7. The SMILES string of the molecule is NCCCN(CCN)CCCOC(COCCCN(CCCN)CCCN)(COCCN(CCCN)CCCN)NC(=O)C(OCCCN(CCCN)CCCN)C(OCCCN(CCCN)CCCN)C(=O)NC(COCCCN(CCCN)CCCN)(COCCCN(CCCN)CCCN)OCCCN(CCCN)CCCN. The van der Waals surface area contributed by atoms with Gasteiger partial charge in [0.2, 0.25) is 0 Å². The molecule has 0 heterocycles. The van der Waals surface area contributed by atoms with Gasteiger partial charge in [0, 0.05) is 98.5 Å². The number of rotatable bonds is 95. The van der Waals surface area contributed by atoms with Crippen LogP contribution >= 0.6 is 0 Å². The second-order valence-corrected chi connectivity index (χ2v) is 30.6. The summed E-state index contributed by atoms with van der Waals surface area (Å²) in [5.41, 5.74) is 93.7. The van der Waals surface area contributed by atoms with Gasteiger partial charge in [0.1, 0.15) is 0 Å². The molecule has 0 aromatic rings. The molecule has 0 rings (SSSR count). The zero-order valence-electron chi connectivity index (χ0n) is 73.4. The van der Waals surface area contributed by atoms with Crippen molar-refractivity contribution >= 4 is 11.8 Å². The summed E-state index contributed by atoms with van der Waals surface area (Å²) in [6, 6.07) is 0. The van der Waals surface area contributed by atoms with Crippen molar-refractivity contribution in [3.8, 4) is 0 Å². The molecular weight excluding hydrogens is 1490 g/mol. The average Bonchev–Trinajstić information content (AvgIpc) is 0.813. The molecule has 0 aliphatic rings. The van der Waals surface area contributed by atoms with E-state index < -0.39 is 35.5 Å². The Hall–Kier alpha value is -2.34. The van der Waals surface area contributed by atoms with Crippen LogP contribution in [-0.2, 0) is 47.5 Å². The van der Waals surface area contributed by atoms with Crippen LogP contribution in [0.2, 0.25) is 0 Å². The van der Waals surface area contributed by atoms with E-state index >= 15 is 9.59 Å². The lowest BCUT2D eigenvalue weighted by molar-refractivity contribution is -0.186. The third-order valence-corrected chi connectivity index (χ3v) is 20.1. The molecule has 0 radical (unpaired) electrons. The standard InChI is InChI=1S/C80H184N26O10/c81-23-1-39-99(40-2-24-82)54-16-63-109-71-79(115-68-21-59-104(49-11-33-91)50-12-34-92,72-110-64-17-55-100(41-3-25-83)42-4-26-84)97-77(107)75(113-66-19-57-102(45-7-29-87)46-8-30-88)76(114-67-20-58-103(47-9-31-89)48-10-32-90)78(108)98-80(116-69-22-60-105(61-38-96)51-13-35-93,74-112-70-62-106(52-14-36-94)53-15-37-95)73-111-65-18-56-101(43-5-27-85)44-6-28-86/h75-76H,1-74,81-96H2,(H,97,107)(H,98,108). The Morgan fingerprint density at radius 1 is 0.207 bits per heavy atom. The fourth-order valence-electron chi connectivity index (χ4n) is 13.7. The number of hydrogen-bond acceptors (Lipinski definition) is 34. The minimum absolute atomic E-state index is 0.0334. The van der Waals surface area contributed by atoms with E-state index in [1.807, 2.05) is 0 Å². The topological polar surface area (TPSA) is 574 Å². The van der Waals surface area contributed by atoms with Crippen molar-refractivity contribution in [2.24, 2.45) is 91.7 Å². The summed E-state index contributed by atoms with van der Waals surface area (Å²) >= 11 is 0. The molecule has 3 unspecified atom stereocenters. The van der Waals surface area contributed by atoms with Gasteiger partial charge in [-0.25, -0.2) is 0 Å². The number of carbonyl (C=O) groups excluding carboxylic acids is 2. The Labute approximate surface area is 703 Å². The molecule has 116 heavy (non-hydrogen) atoms. The molecule has 0 bridgehead atoms. The number of nitrogens with zero attached hydrogens (tertiary/aromatic N) is 8. The van der Waals surface area contributed by atoms with Crippen LogP contribution in [0.1, 0.15) is 141 Å². The predicted octanol–water partition coefficient (Wildman–Crippen LogP) is -4.18. The molecule has 0 saturated carbocycles. The molecule has 0 aliphatic carbocycles. The van der Waals surface area contributed by atoms with Crippen molar-refractivity contribution in [1.29, 1.82) is 0 Å². The van der Waals surface area contributed by atoms with E-state index in [1.165, 1.54) is 0 Å². The van der Waals surface area contributed by atoms with Crippen molar-refractivity contribution in [1.82, 2.24) is 49.8 Å². The van der Waals surface area contributed by atoms with Crippen LogP contribution in [0, 0.1) is 0 Å². The van der Waals surface area contributed by atoms with Gasteiger partial charge in [-0.15, -0.1) is 0 Å². The second-order valence-electron chi connectivity index (χ2n) is 30.6. The highest BCUT2D eigenvalue weighted by molar-refractivity contribution is 5.91. The Bertz CT molecular complexity index is 2000. The first kappa shape index (κ1) is 114. The van der Waals surface area contributed by atoms with Crippen molar-refractivity contribution in [2.45, 2.75) is 165 Å². The first-order chi connectivity index (χ1) is 56.7. The third-order valence-electron chi connectivity index (χ3n) is 20.1. The van der Waals surface area contributed by atoms with E-state index in [0.717, 1.165) is 214 Å². The molecule has 2 amide bonds. The van der Waals surface area contributed by atoms with Gasteiger partial charge in [-0.05, 0) is 338 Å². The maximum Gasteiger partial charge on any atom is 0.254 e. The Balaban J connectivity index is 9.21. The van der Waals surface area contributed by atoms with Gasteiger partial charge in [-0.1, -0.05) is 0 Å². The van der Waals surface area contributed by atoms with Crippen molar-refractivity contribution in [3.05, 3.63) is 0 Å². The van der Waals surface area contributed by atoms with Crippen molar-refractivity contribution in [3.63, 3.8) is 0 Å². The number of nitrogens with one attached hydrogen (secondary N) is 2. The van der Waals surface area contributed by atoms with Gasteiger partial charge in [0.15, 0.2) is 23.7 Å². The van der Waals surface area contributed by atoms with Gasteiger partial charge in [-0.3, -0.25) is 9.59 Å². The number of nitrogens with two attached hydrogens (primary N) is 16. The quantitative estimate of drug-likeness (QED) is 0.0203. The van der Waals surface area contributed by atoms with E-state index in [4.69, 9.17) is 130 Å². The van der Waals surface area contributed by atoms with Crippen LogP contribution in [0.25, 0.3) is 0 Å². The summed E-state index contributed by atoms with van der Waals surface area (Å²) < 4.78 is 55.5. The summed E-state index contributed by atoms with van der Waals surface area (Å²) in [6.07, 6.45) is 12.8. The summed E-state index contributed by atoms with van der Waals surface area (Å²) in [5.74, 6) is -1.38. The van der Waals surface area contributed by atoms with Gasteiger partial charge in [0.25, 0.3) is 11.8 Å². The highest BCUT2D eigenvalue weighted by atomic mass is 16.6. The van der Waals surface area contributed by atoms with Gasteiger partial charge in [-0.2, -0.15) is 0 Å². The highest BCUT2D eigenvalue weighted by Gasteiger charge is 2.45. The molecular formula is C80H184N26O10. The first-order valence-electron chi connectivity index (χ1n) is 45.2. The van der Waals surface area contributed by atoms with Crippen LogP contribution in [-0.4, -0.2) is 416 Å². The van der Waals surface area contributed by atoms with E-state index in [2.05, 4.69) is 49.8 Å². The Kier molecular flexibility index (Phi) is 81.9. The number of carbonyl (C=O) groups is 2. The summed E-state index contributed by atoms with van der Waals surface area (Å²) in [7, 11) is 0. The Morgan fingerprint density at radius 2 is 0.379 bits per heavy atom. The van der Waals surface area contributed by atoms with E-state index in [9.17, 15) is 0 Å². The van der Waals surface area contributed by atoms with Gasteiger partial charge in [0.05, 0.1) is 46.2 Å². The molecule has 0 aromatic heterocycles. The highest BCUT2D eigenvalue weighted by Crippen LogP contribution is 2.20. The first-order valence-corrected chi connectivity index (χ1v) is 45.2. The van der Waals surface area contributed by atoms with Crippen LogP contribution in [0.15, 0.2) is 0 Å². The molecule has 3 atom stereocenters. The second kappa shape index (κ2) is 83.6. The van der Waals surface area contributed by atoms with Crippen LogP contribution < -0.4 is 102 Å². The van der Waals surface area contributed by atoms with Gasteiger partial charge >= 0.3 is 0 Å². The maximum atomic E-state index is 16.7.